The molecule has 0 N–H and O–H groups in total. The summed E-state index contributed by atoms with van der Waals surface area (Å²) in [6.07, 6.45) is 3.65. The second-order valence-corrected chi connectivity index (χ2v) is 4.98. The monoisotopic (exact) mass is 249 g/mol. The number of carbonyl (C=O) groups excluding carboxylic acids is 1. The molecule has 2 rings (SSSR count). The molecule has 1 unspecified atom stereocenters. The van der Waals surface area contributed by atoms with Crippen molar-refractivity contribution < 1.29 is 9.18 Å². The van der Waals surface area contributed by atoms with Gasteiger partial charge in [-0.25, -0.2) is 4.39 Å². The third-order valence-electron chi connectivity index (χ3n) is 3.70. The maximum atomic E-state index is 13.4. The summed E-state index contributed by atoms with van der Waals surface area (Å²) in [7, 11) is 0. The number of ketones is 1. The van der Waals surface area contributed by atoms with Crippen LogP contribution in [0.1, 0.15) is 31.7 Å². The van der Waals surface area contributed by atoms with Crippen LogP contribution in [0.5, 0.6) is 0 Å². The highest BCUT2D eigenvalue weighted by Crippen LogP contribution is 2.19. The van der Waals surface area contributed by atoms with E-state index in [9.17, 15) is 9.18 Å². The van der Waals surface area contributed by atoms with Crippen LogP contribution in [0.3, 0.4) is 0 Å². The van der Waals surface area contributed by atoms with Gasteiger partial charge in [0.25, 0.3) is 0 Å². The van der Waals surface area contributed by atoms with Gasteiger partial charge in [-0.1, -0.05) is 25.1 Å². The molecule has 0 amide bonds. The lowest BCUT2D eigenvalue weighted by Gasteiger charge is -2.22. The first-order chi connectivity index (χ1) is 8.70. The molecule has 1 aliphatic rings. The molecule has 1 atom stereocenters. The first-order valence-electron chi connectivity index (χ1n) is 6.70. The molecule has 0 saturated carbocycles. The van der Waals surface area contributed by atoms with Crippen LogP contribution in [-0.4, -0.2) is 29.8 Å². The van der Waals surface area contributed by atoms with E-state index >= 15 is 0 Å². The van der Waals surface area contributed by atoms with Crippen molar-refractivity contribution in [3.8, 4) is 0 Å². The number of nitrogens with zero attached hydrogens (tertiary/aromatic N) is 1. The van der Waals surface area contributed by atoms with Crippen LogP contribution in [-0.2, 0) is 11.2 Å². The summed E-state index contributed by atoms with van der Waals surface area (Å²) >= 11 is 0. The number of Topliss-reactive ketones (excluding diaryl/α,β-unsaturated/α-hetero) is 1. The molecule has 1 aromatic carbocycles. The Morgan fingerprint density at radius 3 is 2.94 bits per heavy atom. The lowest BCUT2D eigenvalue weighted by atomic mass is 10.1. The van der Waals surface area contributed by atoms with Crippen LogP contribution in [0.4, 0.5) is 4.39 Å². The molecular weight excluding hydrogens is 229 g/mol. The second-order valence-electron chi connectivity index (χ2n) is 4.98. The van der Waals surface area contributed by atoms with E-state index in [0.717, 1.165) is 13.0 Å². The maximum absolute atomic E-state index is 13.4. The zero-order chi connectivity index (χ0) is 13.0. The Morgan fingerprint density at radius 2 is 2.22 bits per heavy atom. The van der Waals surface area contributed by atoms with E-state index in [0.29, 0.717) is 18.2 Å². The fraction of sp³-hybridized carbons (Fsp3) is 0.533. The first-order valence-corrected chi connectivity index (χ1v) is 6.70. The Kier molecular flexibility index (Phi) is 4.48. The highest BCUT2D eigenvalue weighted by atomic mass is 19.1. The molecule has 1 saturated heterocycles. The van der Waals surface area contributed by atoms with Crippen molar-refractivity contribution in [1.82, 2.24) is 4.90 Å². The molecule has 0 radical (unpaired) electrons. The SMILES string of the molecule is CCC1CCCN1CC(=O)Cc1ccccc1F. The Morgan fingerprint density at radius 1 is 1.44 bits per heavy atom. The quantitative estimate of drug-likeness (QED) is 0.799. The van der Waals surface area contributed by atoms with Gasteiger partial charge in [-0.05, 0) is 37.4 Å². The van der Waals surface area contributed by atoms with Crippen molar-refractivity contribution in [3.05, 3.63) is 35.6 Å². The summed E-state index contributed by atoms with van der Waals surface area (Å²) in [5, 5.41) is 0. The van der Waals surface area contributed by atoms with E-state index in [1.807, 2.05) is 0 Å². The minimum atomic E-state index is -0.278. The van der Waals surface area contributed by atoms with Gasteiger partial charge in [-0.15, -0.1) is 0 Å². The predicted molar refractivity (Wildman–Crippen MR) is 70.0 cm³/mol. The molecule has 0 aromatic heterocycles. The Balaban J connectivity index is 1.91. The van der Waals surface area contributed by atoms with E-state index in [-0.39, 0.29) is 18.0 Å². The number of halogens is 1. The summed E-state index contributed by atoms with van der Waals surface area (Å²) in [5.74, 6) is -0.167. The summed E-state index contributed by atoms with van der Waals surface area (Å²) in [6, 6.07) is 7.06. The van der Waals surface area contributed by atoms with Gasteiger partial charge >= 0.3 is 0 Å². The molecule has 0 aliphatic carbocycles. The van der Waals surface area contributed by atoms with Crippen LogP contribution in [0.15, 0.2) is 24.3 Å². The lowest BCUT2D eigenvalue weighted by Crippen LogP contribution is -2.34. The van der Waals surface area contributed by atoms with Crippen LogP contribution < -0.4 is 0 Å². The number of likely N-dealkylation sites (tertiary alicyclic amines) is 1. The van der Waals surface area contributed by atoms with Gasteiger partial charge in [0.05, 0.1) is 6.54 Å². The van der Waals surface area contributed by atoms with Crippen LogP contribution in [0.2, 0.25) is 0 Å². The maximum Gasteiger partial charge on any atom is 0.151 e. The minimum Gasteiger partial charge on any atom is -0.298 e. The largest absolute Gasteiger partial charge is 0.298 e. The zero-order valence-electron chi connectivity index (χ0n) is 10.9. The standard InChI is InChI=1S/C15H20FNO/c1-2-13-7-5-9-17(13)11-14(18)10-12-6-3-4-8-15(12)16/h3-4,6,8,13H,2,5,7,9-11H2,1H3. The predicted octanol–water partition coefficient (Wildman–Crippen LogP) is 2.81. The molecule has 1 aliphatic heterocycles. The van der Waals surface area contributed by atoms with Gasteiger partial charge in [0.15, 0.2) is 5.78 Å². The molecule has 18 heavy (non-hydrogen) atoms. The van der Waals surface area contributed by atoms with Crippen LogP contribution >= 0.6 is 0 Å². The van der Waals surface area contributed by atoms with Gasteiger partial charge in [-0.2, -0.15) is 0 Å². The van der Waals surface area contributed by atoms with E-state index < -0.39 is 0 Å². The minimum absolute atomic E-state index is 0.112. The fourth-order valence-electron chi connectivity index (χ4n) is 2.70. The van der Waals surface area contributed by atoms with Crippen LogP contribution in [0.25, 0.3) is 0 Å². The summed E-state index contributed by atoms with van der Waals surface area (Å²) in [4.78, 5) is 14.2. The van der Waals surface area contributed by atoms with Crippen molar-refractivity contribution in [2.24, 2.45) is 0 Å². The van der Waals surface area contributed by atoms with Gasteiger partial charge in [0, 0.05) is 12.5 Å². The van der Waals surface area contributed by atoms with Crippen molar-refractivity contribution in [2.75, 3.05) is 13.1 Å². The molecule has 0 spiro atoms. The molecule has 98 valence electrons. The molecule has 1 fully saturated rings. The topological polar surface area (TPSA) is 20.3 Å². The van der Waals surface area contributed by atoms with Gasteiger partial charge in [0.1, 0.15) is 5.82 Å². The van der Waals surface area contributed by atoms with Crippen molar-refractivity contribution >= 4 is 5.78 Å². The Bertz CT molecular complexity index is 419. The van der Waals surface area contributed by atoms with Gasteiger partial charge in [-0.3, -0.25) is 9.69 Å². The lowest BCUT2D eigenvalue weighted by molar-refractivity contribution is -0.119. The van der Waals surface area contributed by atoms with Crippen molar-refractivity contribution in [1.29, 1.82) is 0 Å². The van der Waals surface area contributed by atoms with Crippen molar-refractivity contribution in [3.63, 3.8) is 0 Å². The molecule has 3 heteroatoms. The molecule has 0 bridgehead atoms. The molecular formula is C15H20FNO. The third kappa shape index (κ3) is 3.16. The highest BCUT2D eigenvalue weighted by Gasteiger charge is 2.24. The smallest absolute Gasteiger partial charge is 0.151 e. The molecule has 1 aromatic rings. The van der Waals surface area contributed by atoms with E-state index in [1.165, 1.54) is 18.9 Å². The highest BCUT2D eigenvalue weighted by molar-refractivity contribution is 5.82. The fourth-order valence-corrected chi connectivity index (χ4v) is 2.70. The average Bonchev–Trinajstić information content (AvgIpc) is 2.79. The number of rotatable bonds is 5. The van der Waals surface area contributed by atoms with Gasteiger partial charge in [0.2, 0.25) is 0 Å². The van der Waals surface area contributed by atoms with E-state index in [2.05, 4.69) is 11.8 Å². The van der Waals surface area contributed by atoms with E-state index in [1.54, 1.807) is 18.2 Å². The Hall–Kier alpha value is -1.22. The number of hydrogen-bond donors (Lipinski definition) is 0. The number of carbonyl (C=O) groups is 1. The van der Waals surface area contributed by atoms with E-state index in [4.69, 9.17) is 0 Å². The normalized spacial score (nSPS) is 20.2. The summed E-state index contributed by atoms with van der Waals surface area (Å²) in [5.41, 5.74) is 0.509. The Labute approximate surface area is 108 Å². The molecule has 1 heterocycles. The second kappa shape index (κ2) is 6.10. The van der Waals surface area contributed by atoms with Gasteiger partial charge < -0.3 is 0 Å². The summed E-state index contributed by atoms with van der Waals surface area (Å²) in [6.45, 7) is 3.62. The van der Waals surface area contributed by atoms with Crippen LogP contribution in [0, 0.1) is 5.82 Å². The first kappa shape index (κ1) is 13.2. The molecule has 2 nitrogen and oxygen atoms in total. The zero-order valence-corrected chi connectivity index (χ0v) is 10.9. The number of benzene rings is 1. The summed E-state index contributed by atoms with van der Waals surface area (Å²) < 4.78 is 13.4. The average molecular weight is 249 g/mol. The number of hydrogen-bond acceptors (Lipinski definition) is 2. The van der Waals surface area contributed by atoms with Crippen molar-refractivity contribution in [2.45, 2.75) is 38.6 Å². The third-order valence-corrected chi connectivity index (χ3v) is 3.70.